The fourth-order valence-corrected chi connectivity index (χ4v) is 3.28. The normalized spacial score (nSPS) is 23.0. The van der Waals surface area contributed by atoms with E-state index in [0.29, 0.717) is 24.7 Å². The molecule has 0 aliphatic carbocycles. The number of amides is 1. The van der Waals surface area contributed by atoms with Crippen LogP contribution in [-0.2, 0) is 9.53 Å². The second-order valence-electron chi connectivity index (χ2n) is 6.27. The zero-order valence-corrected chi connectivity index (χ0v) is 14.8. The average Bonchev–Trinajstić information content (AvgIpc) is 2.84. The molecule has 7 nitrogen and oxygen atoms in total. The molecule has 0 spiro atoms. The van der Waals surface area contributed by atoms with E-state index in [1.165, 1.54) is 0 Å². The van der Waals surface area contributed by atoms with Gasteiger partial charge in [-0.05, 0) is 32.2 Å². The minimum Gasteiger partial charge on any atom is -0.494 e. The molecule has 138 valence electrons. The van der Waals surface area contributed by atoms with Crippen molar-refractivity contribution in [3.8, 4) is 5.75 Å². The number of fused-ring (bicyclic) bond motifs is 3. The van der Waals surface area contributed by atoms with Crippen molar-refractivity contribution >= 4 is 12.4 Å². The molecule has 2 saturated heterocycles. The number of carboxylic acid groups (broad SMARTS) is 1. The monoisotopic (exact) mass is 350 g/mol. The summed E-state index contributed by atoms with van der Waals surface area (Å²) in [6, 6.07) is 7.76. The Morgan fingerprint density at radius 3 is 2.84 bits per heavy atom. The number of ether oxygens (including phenoxy) is 2. The highest BCUT2D eigenvalue weighted by Crippen LogP contribution is 2.21. The van der Waals surface area contributed by atoms with Crippen molar-refractivity contribution in [1.29, 1.82) is 0 Å². The Hall–Kier alpha value is -2.12. The molecule has 2 aliphatic rings. The van der Waals surface area contributed by atoms with Gasteiger partial charge in [0.2, 0.25) is 0 Å². The first-order valence-corrected chi connectivity index (χ1v) is 8.47. The lowest BCUT2D eigenvalue weighted by Gasteiger charge is -2.29. The molecule has 1 N–H and O–H groups in total. The van der Waals surface area contributed by atoms with E-state index in [2.05, 4.69) is 11.9 Å². The van der Waals surface area contributed by atoms with Crippen molar-refractivity contribution in [3.05, 3.63) is 29.8 Å². The summed E-state index contributed by atoms with van der Waals surface area (Å²) in [6.07, 6.45) is 0. The van der Waals surface area contributed by atoms with Gasteiger partial charge in [-0.3, -0.25) is 14.5 Å². The van der Waals surface area contributed by atoms with Crippen molar-refractivity contribution in [2.75, 3.05) is 46.5 Å². The minimum absolute atomic E-state index is 0.0914. The zero-order valence-electron chi connectivity index (χ0n) is 14.8. The number of nitrogens with zero attached hydrogens (tertiary/aromatic N) is 2. The van der Waals surface area contributed by atoms with Gasteiger partial charge >= 0.3 is 0 Å². The lowest BCUT2D eigenvalue weighted by molar-refractivity contribution is -0.122. The van der Waals surface area contributed by atoms with Gasteiger partial charge in [-0.2, -0.15) is 0 Å². The van der Waals surface area contributed by atoms with Crippen molar-refractivity contribution in [2.45, 2.75) is 13.0 Å². The molecule has 2 aliphatic heterocycles. The molecule has 2 atom stereocenters. The Kier molecular flexibility index (Phi) is 7.21. The number of carbonyl (C=O) groups is 2. The van der Waals surface area contributed by atoms with Crippen LogP contribution in [0.3, 0.4) is 0 Å². The molecule has 1 amide bonds. The largest absolute Gasteiger partial charge is 0.494 e. The predicted molar refractivity (Wildman–Crippen MR) is 92.9 cm³/mol. The third-order valence-corrected chi connectivity index (χ3v) is 4.42. The SMILES string of the molecule is CCOc1cccc(C(=O)N2C[C@@H]3COC[C@H](C2)N(C)C3)c1.O=CO. The lowest BCUT2D eigenvalue weighted by Crippen LogP contribution is -2.44. The van der Waals surface area contributed by atoms with E-state index >= 15 is 0 Å². The summed E-state index contributed by atoms with van der Waals surface area (Å²) in [6.45, 7) is 6.23. The summed E-state index contributed by atoms with van der Waals surface area (Å²) < 4.78 is 11.2. The molecule has 0 aromatic heterocycles. The van der Waals surface area contributed by atoms with Crippen molar-refractivity contribution in [3.63, 3.8) is 0 Å². The first kappa shape index (κ1) is 19.2. The zero-order chi connectivity index (χ0) is 18.2. The van der Waals surface area contributed by atoms with E-state index in [1.807, 2.05) is 36.1 Å². The Labute approximate surface area is 148 Å². The molecule has 0 saturated carbocycles. The summed E-state index contributed by atoms with van der Waals surface area (Å²) in [5.41, 5.74) is 0.703. The molecule has 2 bridgehead atoms. The van der Waals surface area contributed by atoms with Crippen LogP contribution in [0.15, 0.2) is 24.3 Å². The van der Waals surface area contributed by atoms with E-state index in [1.54, 1.807) is 0 Å². The van der Waals surface area contributed by atoms with Crippen LogP contribution in [0.1, 0.15) is 17.3 Å². The van der Waals surface area contributed by atoms with Gasteiger partial charge in [-0.25, -0.2) is 0 Å². The average molecular weight is 350 g/mol. The van der Waals surface area contributed by atoms with E-state index in [0.717, 1.165) is 32.0 Å². The summed E-state index contributed by atoms with van der Waals surface area (Å²) >= 11 is 0. The van der Waals surface area contributed by atoms with Crippen LogP contribution in [0.25, 0.3) is 0 Å². The Morgan fingerprint density at radius 1 is 1.36 bits per heavy atom. The smallest absolute Gasteiger partial charge is 0.290 e. The molecule has 0 radical (unpaired) electrons. The lowest BCUT2D eigenvalue weighted by atomic mass is 10.1. The molecule has 2 heterocycles. The van der Waals surface area contributed by atoms with Gasteiger partial charge in [0.05, 0.1) is 25.9 Å². The highest BCUT2D eigenvalue weighted by atomic mass is 16.5. The molecule has 25 heavy (non-hydrogen) atoms. The number of benzene rings is 1. The molecule has 3 rings (SSSR count). The highest BCUT2D eigenvalue weighted by Gasteiger charge is 2.33. The van der Waals surface area contributed by atoms with Crippen LogP contribution < -0.4 is 4.74 Å². The molecule has 1 aromatic carbocycles. The van der Waals surface area contributed by atoms with Gasteiger partial charge in [-0.1, -0.05) is 6.07 Å². The maximum Gasteiger partial charge on any atom is 0.290 e. The standard InChI is InChI=1S/C17H24N2O3.CH2O2/c1-3-22-16-6-4-5-14(7-16)17(20)19-9-13-8-18(2)15(10-19)12-21-11-13;2-1-3/h4-7,13,15H,3,8-12H2,1-2H3;1H,(H,2,3)/t13-,15+;/m1./s1. The fraction of sp³-hybridized carbons (Fsp3) is 0.556. The quantitative estimate of drug-likeness (QED) is 0.825. The third kappa shape index (κ3) is 5.17. The highest BCUT2D eigenvalue weighted by molar-refractivity contribution is 5.94. The van der Waals surface area contributed by atoms with Crippen LogP contribution in [0.2, 0.25) is 0 Å². The van der Waals surface area contributed by atoms with Crippen LogP contribution in [0, 0.1) is 5.92 Å². The van der Waals surface area contributed by atoms with Crippen molar-refractivity contribution in [1.82, 2.24) is 9.80 Å². The molecular formula is C18H26N2O5. The van der Waals surface area contributed by atoms with E-state index in [4.69, 9.17) is 19.4 Å². The topological polar surface area (TPSA) is 79.3 Å². The summed E-state index contributed by atoms with van der Waals surface area (Å²) in [7, 11) is 2.12. The Bertz CT molecular complexity index is 580. The van der Waals surface area contributed by atoms with Gasteiger partial charge in [0.15, 0.2) is 0 Å². The number of hydrogen-bond donors (Lipinski definition) is 1. The predicted octanol–water partition coefficient (Wildman–Crippen LogP) is 1.19. The van der Waals surface area contributed by atoms with Crippen LogP contribution >= 0.6 is 0 Å². The number of hydrogen-bond acceptors (Lipinski definition) is 5. The molecule has 2 fully saturated rings. The second kappa shape index (κ2) is 9.39. The van der Waals surface area contributed by atoms with Crippen molar-refractivity contribution in [2.24, 2.45) is 5.92 Å². The molecule has 7 heteroatoms. The first-order valence-electron chi connectivity index (χ1n) is 8.47. The van der Waals surface area contributed by atoms with Crippen molar-refractivity contribution < 1.29 is 24.2 Å². The first-order chi connectivity index (χ1) is 12.1. The Balaban J connectivity index is 0.000000701. The van der Waals surface area contributed by atoms with E-state index in [-0.39, 0.29) is 18.4 Å². The summed E-state index contributed by atoms with van der Waals surface area (Å²) in [5, 5.41) is 6.89. The van der Waals surface area contributed by atoms with Gasteiger partial charge < -0.3 is 19.5 Å². The van der Waals surface area contributed by atoms with Crippen LogP contribution in [-0.4, -0.2) is 79.8 Å². The maximum atomic E-state index is 12.9. The van der Waals surface area contributed by atoms with Gasteiger partial charge in [0.25, 0.3) is 12.4 Å². The van der Waals surface area contributed by atoms with Gasteiger partial charge in [-0.15, -0.1) is 0 Å². The maximum absolute atomic E-state index is 12.9. The molecule has 0 unspecified atom stereocenters. The van der Waals surface area contributed by atoms with Gasteiger partial charge in [0.1, 0.15) is 5.75 Å². The molecular weight excluding hydrogens is 324 g/mol. The third-order valence-electron chi connectivity index (χ3n) is 4.42. The second-order valence-corrected chi connectivity index (χ2v) is 6.27. The minimum atomic E-state index is -0.250. The van der Waals surface area contributed by atoms with Crippen LogP contribution in [0.4, 0.5) is 0 Å². The fourth-order valence-electron chi connectivity index (χ4n) is 3.28. The Morgan fingerprint density at radius 2 is 2.12 bits per heavy atom. The number of likely N-dealkylation sites (N-methyl/N-ethyl adjacent to an activating group) is 1. The van der Waals surface area contributed by atoms with E-state index in [9.17, 15) is 4.79 Å². The van der Waals surface area contributed by atoms with Crippen LogP contribution in [0.5, 0.6) is 5.75 Å². The van der Waals surface area contributed by atoms with Gasteiger partial charge in [0, 0.05) is 31.1 Å². The summed E-state index contributed by atoms with van der Waals surface area (Å²) in [5.74, 6) is 1.23. The number of carbonyl (C=O) groups excluding carboxylic acids is 1. The van der Waals surface area contributed by atoms with E-state index < -0.39 is 0 Å². The molecule has 1 aromatic rings. The summed E-state index contributed by atoms with van der Waals surface area (Å²) in [4.78, 5) is 25.5. The number of rotatable bonds is 3.